The number of aromatic nitrogens is 5. The summed E-state index contributed by atoms with van der Waals surface area (Å²) in [5.41, 5.74) is 1.41. The van der Waals surface area contributed by atoms with Crippen molar-refractivity contribution in [3.63, 3.8) is 0 Å². The van der Waals surface area contributed by atoms with Gasteiger partial charge in [0.2, 0.25) is 0 Å². The van der Waals surface area contributed by atoms with Crippen LogP contribution in [0.4, 0.5) is 0 Å². The number of ether oxygens (including phenoxy) is 1. The van der Waals surface area contributed by atoms with E-state index < -0.39 is 0 Å². The lowest BCUT2D eigenvalue weighted by Crippen LogP contribution is -2.09. The fourth-order valence-corrected chi connectivity index (χ4v) is 1.48. The van der Waals surface area contributed by atoms with Crippen LogP contribution in [0.5, 0.6) is 0 Å². The van der Waals surface area contributed by atoms with Crippen molar-refractivity contribution in [3.8, 4) is 5.69 Å². The number of pyridine rings is 1. The predicted molar refractivity (Wildman–Crippen MR) is 62.0 cm³/mol. The van der Waals surface area contributed by atoms with E-state index >= 15 is 0 Å². The molecule has 0 fully saturated rings. The summed E-state index contributed by atoms with van der Waals surface area (Å²) >= 11 is 0. The van der Waals surface area contributed by atoms with Crippen LogP contribution in [0.2, 0.25) is 0 Å². The molecule has 0 unspecified atom stereocenters. The Hall–Kier alpha value is -2.31. The number of nitrogens with zero attached hydrogens (tertiary/aromatic N) is 5. The molecule has 18 heavy (non-hydrogen) atoms. The van der Waals surface area contributed by atoms with E-state index in [9.17, 15) is 4.79 Å². The number of carbonyl (C=O) groups excluding carboxylic acids is 1. The normalized spacial score (nSPS) is 10.3. The molecule has 0 radical (unpaired) electrons. The van der Waals surface area contributed by atoms with Crippen molar-refractivity contribution in [3.05, 3.63) is 29.8 Å². The van der Waals surface area contributed by atoms with Crippen molar-refractivity contribution in [2.24, 2.45) is 0 Å². The molecular weight excluding hydrogens is 234 g/mol. The highest BCUT2D eigenvalue weighted by Crippen LogP contribution is 2.07. The van der Waals surface area contributed by atoms with E-state index in [0.29, 0.717) is 18.1 Å². The summed E-state index contributed by atoms with van der Waals surface area (Å²) in [7, 11) is 0. The van der Waals surface area contributed by atoms with Crippen LogP contribution in [-0.4, -0.2) is 37.8 Å². The molecule has 2 heterocycles. The number of hydrogen-bond acceptors (Lipinski definition) is 6. The maximum absolute atomic E-state index is 11.3. The Morgan fingerprint density at radius 1 is 1.44 bits per heavy atom. The van der Waals surface area contributed by atoms with Crippen molar-refractivity contribution in [1.29, 1.82) is 0 Å². The molecule has 0 saturated carbocycles. The summed E-state index contributed by atoms with van der Waals surface area (Å²) in [4.78, 5) is 15.5. The zero-order valence-corrected chi connectivity index (χ0v) is 10.2. The average molecular weight is 247 g/mol. The van der Waals surface area contributed by atoms with E-state index in [4.69, 9.17) is 4.74 Å². The third kappa shape index (κ3) is 2.68. The first-order chi connectivity index (χ1) is 8.70. The molecule has 2 rings (SSSR count). The second-order valence-corrected chi connectivity index (χ2v) is 3.63. The van der Waals surface area contributed by atoms with Gasteiger partial charge in [-0.15, -0.1) is 5.10 Å². The summed E-state index contributed by atoms with van der Waals surface area (Å²) in [5, 5.41) is 11.2. The Morgan fingerprint density at radius 3 is 2.83 bits per heavy atom. The Balaban J connectivity index is 2.11. The van der Waals surface area contributed by atoms with E-state index in [0.717, 1.165) is 5.69 Å². The van der Waals surface area contributed by atoms with Crippen molar-refractivity contribution >= 4 is 5.97 Å². The minimum absolute atomic E-state index is 0.169. The SMILES string of the molecule is CCOC(=O)Cc1ccc(-n2nnnc2C)cn1. The van der Waals surface area contributed by atoms with Gasteiger partial charge in [-0.2, -0.15) is 4.68 Å². The summed E-state index contributed by atoms with van der Waals surface area (Å²) in [6.45, 7) is 3.95. The third-order valence-electron chi connectivity index (χ3n) is 2.31. The van der Waals surface area contributed by atoms with Crippen molar-refractivity contribution in [1.82, 2.24) is 25.2 Å². The zero-order valence-electron chi connectivity index (χ0n) is 10.2. The fraction of sp³-hybridized carbons (Fsp3) is 0.364. The van der Waals surface area contributed by atoms with Gasteiger partial charge < -0.3 is 4.74 Å². The lowest BCUT2D eigenvalue weighted by atomic mass is 10.2. The van der Waals surface area contributed by atoms with E-state index in [1.165, 1.54) is 0 Å². The largest absolute Gasteiger partial charge is 0.466 e. The van der Waals surface area contributed by atoms with Gasteiger partial charge in [0.05, 0.1) is 30.6 Å². The van der Waals surface area contributed by atoms with Gasteiger partial charge in [0.1, 0.15) is 0 Å². The summed E-state index contributed by atoms with van der Waals surface area (Å²) < 4.78 is 6.42. The van der Waals surface area contributed by atoms with E-state index in [1.807, 2.05) is 6.07 Å². The van der Waals surface area contributed by atoms with Crippen LogP contribution >= 0.6 is 0 Å². The Kier molecular flexibility index (Phi) is 3.61. The second-order valence-electron chi connectivity index (χ2n) is 3.63. The number of esters is 1. The molecule has 7 nitrogen and oxygen atoms in total. The maximum Gasteiger partial charge on any atom is 0.311 e. The van der Waals surface area contributed by atoms with Crippen LogP contribution in [0.25, 0.3) is 5.69 Å². The average Bonchev–Trinajstić information content (AvgIpc) is 2.77. The minimum Gasteiger partial charge on any atom is -0.466 e. The van der Waals surface area contributed by atoms with Crippen LogP contribution in [0, 0.1) is 6.92 Å². The monoisotopic (exact) mass is 247 g/mol. The molecule has 0 saturated heterocycles. The minimum atomic E-state index is -0.281. The van der Waals surface area contributed by atoms with E-state index in [-0.39, 0.29) is 12.4 Å². The van der Waals surface area contributed by atoms with Gasteiger partial charge in [0.25, 0.3) is 0 Å². The third-order valence-corrected chi connectivity index (χ3v) is 2.31. The number of aryl methyl sites for hydroxylation is 1. The lowest BCUT2D eigenvalue weighted by Gasteiger charge is -2.03. The van der Waals surface area contributed by atoms with Gasteiger partial charge in [-0.1, -0.05) is 0 Å². The molecule has 2 aromatic rings. The van der Waals surface area contributed by atoms with Crippen LogP contribution < -0.4 is 0 Å². The molecule has 7 heteroatoms. The van der Waals surface area contributed by atoms with Crippen LogP contribution in [0.3, 0.4) is 0 Å². The molecule has 0 spiro atoms. The van der Waals surface area contributed by atoms with Gasteiger partial charge in [-0.3, -0.25) is 9.78 Å². The highest BCUT2D eigenvalue weighted by Gasteiger charge is 2.07. The number of carbonyl (C=O) groups is 1. The smallest absolute Gasteiger partial charge is 0.311 e. The molecular formula is C11H13N5O2. The molecule has 0 bridgehead atoms. The lowest BCUT2D eigenvalue weighted by molar-refractivity contribution is -0.142. The Bertz CT molecular complexity index is 535. The van der Waals surface area contributed by atoms with Gasteiger partial charge in [-0.05, 0) is 36.4 Å². The molecule has 0 aliphatic heterocycles. The molecule has 0 aliphatic carbocycles. The summed E-state index contributed by atoms with van der Waals surface area (Å²) in [6, 6.07) is 3.57. The van der Waals surface area contributed by atoms with Gasteiger partial charge >= 0.3 is 5.97 Å². The first kappa shape index (κ1) is 12.2. The molecule has 0 amide bonds. The van der Waals surface area contributed by atoms with Crippen LogP contribution in [0.15, 0.2) is 18.3 Å². The molecule has 0 aromatic carbocycles. The van der Waals surface area contributed by atoms with Crippen molar-refractivity contribution in [2.75, 3.05) is 6.61 Å². The number of hydrogen-bond donors (Lipinski definition) is 0. The topological polar surface area (TPSA) is 82.8 Å². The van der Waals surface area contributed by atoms with Crippen molar-refractivity contribution < 1.29 is 9.53 Å². The first-order valence-electron chi connectivity index (χ1n) is 5.56. The van der Waals surface area contributed by atoms with E-state index in [1.54, 1.807) is 30.8 Å². The Labute approximate surface area is 104 Å². The first-order valence-corrected chi connectivity index (χ1v) is 5.56. The maximum atomic E-state index is 11.3. The number of rotatable bonds is 4. The highest BCUT2D eigenvalue weighted by molar-refractivity contribution is 5.71. The Morgan fingerprint density at radius 2 is 2.28 bits per heavy atom. The summed E-state index contributed by atoms with van der Waals surface area (Å²) in [6.07, 6.45) is 1.79. The van der Waals surface area contributed by atoms with E-state index in [2.05, 4.69) is 20.5 Å². The molecule has 2 aromatic heterocycles. The fourth-order valence-electron chi connectivity index (χ4n) is 1.48. The molecule has 0 aliphatic rings. The summed E-state index contributed by atoms with van der Waals surface area (Å²) in [5.74, 6) is 0.395. The van der Waals surface area contributed by atoms with Crippen molar-refractivity contribution in [2.45, 2.75) is 20.3 Å². The van der Waals surface area contributed by atoms with Gasteiger partial charge in [-0.25, -0.2) is 0 Å². The predicted octanol–water partition coefficient (Wildman–Crippen LogP) is 0.471. The number of tetrazole rings is 1. The van der Waals surface area contributed by atoms with Gasteiger partial charge in [0.15, 0.2) is 5.82 Å². The van der Waals surface area contributed by atoms with Crippen LogP contribution in [0.1, 0.15) is 18.4 Å². The van der Waals surface area contributed by atoms with Gasteiger partial charge in [0, 0.05) is 0 Å². The zero-order chi connectivity index (χ0) is 13.0. The standard InChI is InChI=1S/C11H13N5O2/c1-3-18-11(17)6-9-4-5-10(7-12-9)16-8(2)13-14-15-16/h4-5,7H,3,6H2,1-2H3. The molecule has 0 N–H and O–H groups in total. The molecule has 0 atom stereocenters. The quantitative estimate of drug-likeness (QED) is 0.730. The highest BCUT2D eigenvalue weighted by atomic mass is 16.5. The molecule has 94 valence electrons. The second kappa shape index (κ2) is 5.35. The van der Waals surface area contributed by atoms with Crippen LogP contribution in [-0.2, 0) is 16.0 Å².